The molecule has 0 saturated heterocycles. The lowest BCUT2D eigenvalue weighted by Crippen LogP contribution is -2.32. The number of phenolic OH excluding ortho intramolecular Hbond substituents is 1. The maximum Gasteiger partial charge on any atom is 0.273 e. The van der Waals surface area contributed by atoms with Crippen molar-refractivity contribution in [2.24, 2.45) is 0 Å². The smallest absolute Gasteiger partial charge is 0.273 e. The van der Waals surface area contributed by atoms with E-state index in [1.807, 2.05) is 51.1 Å². The minimum atomic E-state index is -0.507. The second-order valence-electron chi connectivity index (χ2n) is 7.99. The van der Waals surface area contributed by atoms with Crippen LogP contribution in [0.5, 0.6) is 17.2 Å². The molecule has 1 aliphatic rings. The average Bonchev–Trinajstić information content (AvgIpc) is 3.34. The summed E-state index contributed by atoms with van der Waals surface area (Å²) in [4.78, 5) is 14.8. The first-order valence-electron chi connectivity index (χ1n) is 11.2. The molecule has 8 nitrogen and oxygen atoms in total. The van der Waals surface area contributed by atoms with Crippen LogP contribution in [0.2, 0.25) is 0 Å². The quantitative estimate of drug-likeness (QED) is 0.457. The molecule has 174 valence electrons. The van der Waals surface area contributed by atoms with Gasteiger partial charge in [0.15, 0.2) is 11.5 Å². The highest BCUT2D eigenvalue weighted by Gasteiger charge is 2.42. The normalized spacial score (nSPS) is 15.1. The first-order chi connectivity index (χ1) is 16.0. The largest absolute Gasteiger partial charge is 0.507 e. The Morgan fingerprint density at radius 3 is 2.67 bits per heavy atom. The predicted octanol–water partition coefficient (Wildman–Crippen LogP) is 3.82. The van der Waals surface area contributed by atoms with Gasteiger partial charge in [-0.3, -0.25) is 9.89 Å². The van der Waals surface area contributed by atoms with Gasteiger partial charge in [0.2, 0.25) is 0 Å². The second-order valence-corrected chi connectivity index (χ2v) is 7.99. The lowest BCUT2D eigenvalue weighted by atomic mass is 9.95. The molecule has 2 aromatic carbocycles. The highest BCUT2D eigenvalue weighted by atomic mass is 16.5. The minimum Gasteiger partial charge on any atom is -0.507 e. The van der Waals surface area contributed by atoms with E-state index in [-0.39, 0.29) is 24.8 Å². The van der Waals surface area contributed by atoms with Gasteiger partial charge in [-0.15, -0.1) is 0 Å². The third kappa shape index (κ3) is 4.14. The van der Waals surface area contributed by atoms with Crippen molar-refractivity contribution in [3.63, 3.8) is 0 Å². The molecule has 0 bridgehead atoms. The number of aromatic hydroxyl groups is 1. The van der Waals surface area contributed by atoms with Gasteiger partial charge in [-0.25, -0.2) is 0 Å². The molecule has 4 rings (SSSR count). The summed E-state index contributed by atoms with van der Waals surface area (Å²) < 4.78 is 11.7. The summed E-state index contributed by atoms with van der Waals surface area (Å²) in [5.41, 5.74) is 3.84. The molecule has 0 unspecified atom stereocenters. The van der Waals surface area contributed by atoms with Gasteiger partial charge in [0.1, 0.15) is 17.1 Å². The van der Waals surface area contributed by atoms with E-state index in [1.165, 1.54) is 0 Å². The number of aliphatic hydroxyl groups excluding tert-OH is 1. The number of aryl methyl sites for hydroxylation is 1. The molecule has 0 aliphatic carbocycles. The molecule has 0 saturated carbocycles. The Kier molecular flexibility index (Phi) is 6.55. The number of aliphatic hydroxyl groups is 1. The summed E-state index contributed by atoms with van der Waals surface area (Å²) in [5, 5.41) is 27.5. The van der Waals surface area contributed by atoms with Crippen LogP contribution in [0.3, 0.4) is 0 Å². The first-order valence-corrected chi connectivity index (χ1v) is 11.2. The first kappa shape index (κ1) is 22.7. The van der Waals surface area contributed by atoms with Crippen molar-refractivity contribution in [2.75, 3.05) is 26.4 Å². The van der Waals surface area contributed by atoms with Gasteiger partial charge in [0.25, 0.3) is 5.91 Å². The Morgan fingerprint density at radius 2 is 1.94 bits per heavy atom. The zero-order valence-corrected chi connectivity index (χ0v) is 19.1. The number of hydrogen-bond donors (Lipinski definition) is 3. The minimum absolute atomic E-state index is 0.0834. The van der Waals surface area contributed by atoms with Crippen LogP contribution in [0.15, 0.2) is 36.4 Å². The molecule has 3 N–H and O–H groups in total. The van der Waals surface area contributed by atoms with E-state index in [9.17, 15) is 15.0 Å². The van der Waals surface area contributed by atoms with Crippen LogP contribution in [0.1, 0.15) is 53.5 Å². The number of carbonyl (C=O) groups excluding carboxylic acids is 1. The highest BCUT2D eigenvalue weighted by molar-refractivity contribution is 6.00. The fourth-order valence-corrected chi connectivity index (χ4v) is 4.22. The number of nitrogens with one attached hydrogen (secondary N) is 1. The number of hydrogen-bond acceptors (Lipinski definition) is 6. The van der Waals surface area contributed by atoms with Crippen molar-refractivity contribution >= 4 is 5.91 Å². The molecule has 2 heterocycles. The SMILES string of the molecule is CCCOc1ccc([C@@H]2c3c(-c4cc(C)ccc4O)n[nH]c3C(=O)N2CCO)cc1OCC. The van der Waals surface area contributed by atoms with Crippen LogP contribution < -0.4 is 9.47 Å². The zero-order chi connectivity index (χ0) is 23.5. The summed E-state index contributed by atoms with van der Waals surface area (Å²) in [5.74, 6) is 1.07. The Hall–Kier alpha value is -3.52. The summed E-state index contributed by atoms with van der Waals surface area (Å²) >= 11 is 0. The van der Waals surface area contributed by atoms with Crippen LogP contribution in [0, 0.1) is 6.92 Å². The van der Waals surface area contributed by atoms with E-state index in [4.69, 9.17) is 9.47 Å². The molecular formula is C25H29N3O5. The van der Waals surface area contributed by atoms with Crippen LogP contribution in [-0.2, 0) is 0 Å². The third-order valence-corrected chi connectivity index (χ3v) is 5.66. The van der Waals surface area contributed by atoms with Crippen LogP contribution in [0.25, 0.3) is 11.3 Å². The fraction of sp³-hybridized carbons (Fsp3) is 0.360. The zero-order valence-electron chi connectivity index (χ0n) is 19.1. The summed E-state index contributed by atoms with van der Waals surface area (Å²) in [6.07, 6.45) is 0.871. The molecule has 0 radical (unpaired) electrons. The number of benzene rings is 2. The van der Waals surface area contributed by atoms with Gasteiger partial charge in [0, 0.05) is 17.7 Å². The number of β-amino-alcohol motifs (C(OH)–C–C–N with tert-alkyl or cyclic N) is 1. The number of fused-ring (bicyclic) bond motifs is 1. The lowest BCUT2D eigenvalue weighted by molar-refractivity contribution is 0.0706. The molecule has 8 heteroatoms. The summed E-state index contributed by atoms with van der Waals surface area (Å²) in [6, 6.07) is 10.4. The van der Waals surface area contributed by atoms with Crippen molar-refractivity contribution in [3.8, 4) is 28.5 Å². The van der Waals surface area contributed by atoms with Crippen LogP contribution in [-0.4, -0.2) is 57.6 Å². The van der Waals surface area contributed by atoms with E-state index in [0.29, 0.717) is 47.2 Å². The van der Waals surface area contributed by atoms with Gasteiger partial charge in [-0.2, -0.15) is 5.10 Å². The molecule has 0 fully saturated rings. The van der Waals surface area contributed by atoms with Crippen molar-refractivity contribution in [1.82, 2.24) is 15.1 Å². The van der Waals surface area contributed by atoms with Crippen LogP contribution >= 0.6 is 0 Å². The van der Waals surface area contributed by atoms with Gasteiger partial charge in [-0.05, 0) is 50.1 Å². The van der Waals surface area contributed by atoms with E-state index < -0.39 is 6.04 Å². The Morgan fingerprint density at radius 1 is 1.12 bits per heavy atom. The number of carbonyl (C=O) groups is 1. The maximum absolute atomic E-state index is 13.2. The van der Waals surface area contributed by atoms with E-state index >= 15 is 0 Å². The molecule has 0 spiro atoms. The standard InChI is InChI=1S/C25H29N3O5/c1-4-12-33-19-9-7-16(14-20(19)32-5-2)24-21-22(17-13-15(3)6-8-18(17)30)26-27-23(21)25(31)28(24)10-11-29/h6-9,13-14,24,29-30H,4-5,10-12H2,1-3H3,(H,26,27)/t24-/m1/s1. The number of rotatable bonds is 9. The Bertz CT molecular complexity index is 1160. The Labute approximate surface area is 192 Å². The van der Waals surface area contributed by atoms with Crippen molar-refractivity contribution in [1.29, 1.82) is 0 Å². The summed E-state index contributed by atoms with van der Waals surface area (Å²) in [7, 11) is 0. The number of aromatic amines is 1. The lowest BCUT2D eigenvalue weighted by Gasteiger charge is -2.26. The van der Waals surface area contributed by atoms with Crippen molar-refractivity contribution < 1.29 is 24.5 Å². The van der Waals surface area contributed by atoms with Gasteiger partial charge < -0.3 is 24.6 Å². The molecule has 3 aromatic rings. The van der Waals surface area contributed by atoms with E-state index in [1.54, 1.807) is 11.0 Å². The van der Waals surface area contributed by atoms with Crippen molar-refractivity contribution in [3.05, 3.63) is 58.8 Å². The number of H-pyrrole nitrogens is 1. The third-order valence-electron chi connectivity index (χ3n) is 5.66. The van der Waals surface area contributed by atoms with E-state index in [0.717, 1.165) is 17.5 Å². The molecule has 1 atom stereocenters. The van der Waals surface area contributed by atoms with Crippen molar-refractivity contribution in [2.45, 2.75) is 33.2 Å². The van der Waals surface area contributed by atoms with Crippen LogP contribution in [0.4, 0.5) is 0 Å². The monoisotopic (exact) mass is 451 g/mol. The topological polar surface area (TPSA) is 108 Å². The molecule has 1 amide bonds. The fourth-order valence-electron chi connectivity index (χ4n) is 4.22. The predicted molar refractivity (Wildman–Crippen MR) is 124 cm³/mol. The molecule has 1 aromatic heterocycles. The second kappa shape index (κ2) is 9.54. The maximum atomic E-state index is 13.2. The number of ether oxygens (including phenoxy) is 2. The summed E-state index contributed by atoms with van der Waals surface area (Å²) in [6.45, 7) is 6.88. The molecular weight excluding hydrogens is 422 g/mol. The molecule has 1 aliphatic heterocycles. The molecule has 33 heavy (non-hydrogen) atoms. The van der Waals surface area contributed by atoms with Gasteiger partial charge >= 0.3 is 0 Å². The van der Waals surface area contributed by atoms with E-state index in [2.05, 4.69) is 10.2 Å². The number of nitrogens with zero attached hydrogens (tertiary/aromatic N) is 2. The Balaban J connectivity index is 1.86. The number of amides is 1. The van der Waals surface area contributed by atoms with Gasteiger partial charge in [-0.1, -0.05) is 24.6 Å². The van der Waals surface area contributed by atoms with Gasteiger partial charge in [0.05, 0.1) is 25.9 Å². The number of phenols is 1. The average molecular weight is 452 g/mol. The highest BCUT2D eigenvalue weighted by Crippen LogP contribution is 2.45. The number of aromatic nitrogens is 2.